The van der Waals surface area contributed by atoms with Gasteiger partial charge >= 0.3 is 0 Å². The van der Waals surface area contributed by atoms with E-state index in [2.05, 4.69) is 40.4 Å². The van der Waals surface area contributed by atoms with Gasteiger partial charge in [0.2, 0.25) is 29.3 Å². The molecule has 1 amide bonds. The molecule has 1 N–H and O–H groups in total. The van der Waals surface area contributed by atoms with E-state index in [4.69, 9.17) is 9.05 Å². The van der Waals surface area contributed by atoms with E-state index in [1.165, 1.54) is 6.33 Å². The lowest BCUT2D eigenvalue weighted by Gasteiger charge is -2.36. The molecule has 0 aliphatic carbocycles. The van der Waals surface area contributed by atoms with Crippen LogP contribution < -0.4 is 0 Å². The van der Waals surface area contributed by atoms with Crippen molar-refractivity contribution in [2.24, 2.45) is 0 Å². The Kier molecular flexibility index (Phi) is 5.89. The standard InChI is InChI=1S/C21H23N9O3/c1-14(21-25-18(27-33-21)15-5-3-2-4-6-15)29-9-11-30(12-10-29)17(31)8-7-16-24-20(28-32-16)19-22-13-23-26-19/h2-6,13-14H,7-12H2,1H3,(H,22,23,26). The number of rotatable bonds is 7. The first-order chi connectivity index (χ1) is 16.2. The van der Waals surface area contributed by atoms with Crippen molar-refractivity contribution in [2.75, 3.05) is 26.2 Å². The van der Waals surface area contributed by atoms with Gasteiger partial charge in [-0.1, -0.05) is 40.6 Å². The maximum atomic E-state index is 12.7. The van der Waals surface area contributed by atoms with Crippen molar-refractivity contribution in [3.05, 3.63) is 48.4 Å². The van der Waals surface area contributed by atoms with E-state index in [1.807, 2.05) is 42.2 Å². The van der Waals surface area contributed by atoms with E-state index in [1.54, 1.807) is 0 Å². The first kappa shape index (κ1) is 20.9. The third-order valence-corrected chi connectivity index (χ3v) is 5.69. The van der Waals surface area contributed by atoms with Crippen molar-refractivity contribution in [2.45, 2.75) is 25.8 Å². The van der Waals surface area contributed by atoms with Crippen molar-refractivity contribution in [3.8, 4) is 23.0 Å². The molecule has 1 atom stereocenters. The molecular formula is C21H23N9O3. The van der Waals surface area contributed by atoms with E-state index < -0.39 is 0 Å². The molecular weight excluding hydrogens is 426 g/mol. The third-order valence-electron chi connectivity index (χ3n) is 5.69. The fourth-order valence-corrected chi connectivity index (χ4v) is 3.76. The molecule has 12 nitrogen and oxygen atoms in total. The largest absolute Gasteiger partial charge is 0.340 e. The molecule has 33 heavy (non-hydrogen) atoms. The number of nitrogens with zero attached hydrogens (tertiary/aromatic N) is 8. The third kappa shape index (κ3) is 4.65. The number of benzene rings is 1. The van der Waals surface area contributed by atoms with Gasteiger partial charge < -0.3 is 13.9 Å². The monoisotopic (exact) mass is 449 g/mol. The Bertz CT molecular complexity index is 1180. The van der Waals surface area contributed by atoms with Gasteiger partial charge in [0.25, 0.3) is 0 Å². The molecule has 0 spiro atoms. The highest BCUT2D eigenvalue weighted by molar-refractivity contribution is 5.76. The fraction of sp³-hybridized carbons (Fsp3) is 0.381. The summed E-state index contributed by atoms with van der Waals surface area (Å²) >= 11 is 0. The summed E-state index contributed by atoms with van der Waals surface area (Å²) in [4.78, 5) is 29.6. The van der Waals surface area contributed by atoms with Crippen LogP contribution in [-0.4, -0.2) is 77.3 Å². The highest BCUT2D eigenvalue weighted by atomic mass is 16.5. The number of piperazine rings is 1. The summed E-state index contributed by atoms with van der Waals surface area (Å²) in [6.07, 6.45) is 2.05. The molecule has 1 unspecified atom stereocenters. The predicted octanol–water partition coefficient (Wildman–Crippen LogP) is 1.74. The summed E-state index contributed by atoms with van der Waals surface area (Å²) < 4.78 is 10.7. The van der Waals surface area contributed by atoms with Crippen molar-refractivity contribution < 1.29 is 13.8 Å². The lowest BCUT2D eigenvalue weighted by molar-refractivity contribution is -0.133. The van der Waals surface area contributed by atoms with Crippen LogP contribution in [0, 0.1) is 0 Å². The Hall–Kier alpha value is -3.93. The summed E-state index contributed by atoms with van der Waals surface area (Å²) in [5.74, 6) is 2.37. The van der Waals surface area contributed by atoms with Gasteiger partial charge in [-0.25, -0.2) is 4.98 Å². The lowest BCUT2D eigenvalue weighted by atomic mass is 10.2. The molecule has 1 saturated heterocycles. The number of nitrogens with one attached hydrogen (secondary N) is 1. The van der Waals surface area contributed by atoms with Crippen molar-refractivity contribution in [1.82, 2.24) is 45.3 Å². The number of H-pyrrole nitrogens is 1. The summed E-state index contributed by atoms with van der Waals surface area (Å²) in [5, 5.41) is 14.4. The molecule has 0 bridgehead atoms. The molecule has 4 heterocycles. The van der Waals surface area contributed by atoms with Crippen LogP contribution in [0.15, 0.2) is 45.7 Å². The minimum Gasteiger partial charge on any atom is -0.340 e. The second-order valence-corrected chi connectivity index (χ2v) is 7.76. The second-order valence-electron chi connectivity index (χ2n) is 7.76. The number of aryl methyl sites for hydroxylation is 1. The average molecular weight is 449 g/mol. The Labute approximate surface area is 189 Å². The van der Waals surface area contributed by atoms with Crippen LogP contribution in [0.3, 0.4) is 0 Å². The first-order valence-corrected chi connectivity index (χ1v) is 10.8. The highest BCUT2D eigenvalue weighted by Gasteiger charge is 2.28. The van der Waals surface area contributed by atoms with Gasteiger partial charge in [0, 0.05) is 44.6 Å². The molecule has 1 aliphatic rings. The first-order valence-electron chi connectivity index (χ1n) is 10.8. The van der Waals surface area contributed by atoms with Gasteiger partial charge in [-0.05, 0) is 6.92 Å². The molecule has 1 aromatic carbocycles. The number of hydrogen-bond donors (Lipinski definition) is 1. The Morgan fingerprint density at radius 2 is 1.85 bits per heavy atom. The lowest BCUT2D eigenvalue weighted by Crippen LogP contribution is -2.49. The van der Waals surface area contributed by atoms with Crippen LogP contribution in [0.5, 0.6) is 0 Å². The molecule has 0 saturated carbocycles. The van der Waals surface area contributed by atoms with Crippen LogP contribution in [0.25, 0.3) is 23.0 Å². The zero-order valence-corrected chi connectivity index (χ0v) is 18.1. The van der Waals surface area contributed by atoms with Crippen LogP contribution in [0.1, 0.15) is 31.2 Å². The highest BCUT2D eigenvalue weighted by Crippen LogP contribution is 2.23. The zero-order chi connectivity index (χ0) is 22.6. The van der Waals surface area contributed by atoms with Crippen molar-refractivity contribution >= 4 is 5.91 Å². The second kappa shape index (κ2) is 9.28. The topological polar surface area (TPSA) is 143 Å². The van der Waals surface area contributed by atoms with E-state index >= 15 is 0 Å². The van der Waals surface area contributed by atoms with E-state index in [0.717, 1.165) is 18.7 Å². The zero-order valence-electron chi connectivity index (χ0n) is 18.1. The summed E-state index contributed by atoms with van der Waals surface area (Å²) in [6.45, 7) is 4.77. The van der Waals surface area contributed by atoms with Crippen LogP contribution in [-0.2, 0) is 11.2 Å². The maximum Gasteiger partial charge on any atom is 0.244 e. The van der Waals surface area contributed by atoms with E-state index in [9.17, 15) is 4.79 Å². The van der Waals surface area contributed by atoms with Crippen molar-refractivity contribution in [1.29, 1.82) is 0 Å². The van der Waals surface area contributed by atoms with Gasteiger partial charge in [-0.2, -0.15) is 15.1 Å². The molecule has 170 valence electrons. The minimum absolute atomic E-state index is 0.0277. The van der Waals surface area contributed by atoms with Crippen LogP contribution in [0.4, 0.5) is 0 Å². The molecule has 12 heteroatoms. The maximum absolute atomic E-state index is 12.7. The van der Waals surface area contributed by atoms with E-state index in [-0.39, 0.29) is 11.9 Å². The summed E-state index contributed by atoms with van der Waals surface area (Å²) in [7, 11) is 0. The number of carbonyl (C=O) groups is 1. The van der Waals surface area contributed by atoms with Gasteiger partial charge in [0.05, 0.1) is 6.04 Å². The SMILES string of the molecule is CC(c1nc(-c2ccccc2)no1)N1CCN(C(=O)CCc2nc(-c3ncn[nH]3)no2)CC1. The number of hydrogen-bond acceptors (Lipinski definition) is 10. The number of amides is 1. The van der Waals surface area contributed by atoms with Gasteiger partial charge in [-0.3, -0.25) is 14.8 Å². The quantitative estimate of drug-likeness (QED) is 0.443. The molecule has 0 radical (unpaired) electrons. The summed E-state index contributed by atoms with van der Waals surface area (Å²) in [6, 6.07) is 9.71. The van der Waals surface area contributed by atoms with E-state index in [0.29, 0.717) is 55.2 Å². The van der Waals surface area contributed by atoms with Gasteiger partial charge in [0.1, 0.15) is 6.33 Å². The van der Waals surface area contributed by atoms with Crippen molar-refractivity contribution in [3.63, 3.8) is 0 Å². The normalized spacial score (nSPS) is 15.6. The molecule has 1 aliphatic heterocycles. The Morgan fingerprint density at radius 1 is 1.06 bits per heavy atom. The number of aromatic nitrogens is 7. The Morgan fingerprint density at radius 3 is 2.61 bits per heavy atom. The van der Waals surface area contributed by atoms with Gasteiger partial charge in [-0.15, -0.1) is 0 Å². The summed E-state index contributed by atoms with van der Waals surface area (Å²) in [5.41, 5.74) is 0.921. The fourth-order valence-electron chi connectivity index (χ4n) is 3.76. The molecule has 1 fully saturated rings. The molecule has 4 aromatic rings. The molecule has 3 aromatic heterocycles. The smallest absolute Gasteiger partial charge is 0.244 e. The average Bonchev–Trinajstić information content (AvgIpc) is 3.64. The van der Waals surface area contributed by atoms with Crippen LogP contribution >= 0.6 is 0 Å². The van der Waals surface area contributed by atoms with Gasteiger partial charge in [0.15, 0.2) is 5.82 Å². The number of carbonyl (C=O) groups excluding carboxylic acids is 1. The molecule has 5 rings (SSSR count). The van der Waals surface area contributed by atoms with Crippen LogP contribution in [0.2, 0.25) is 0 Å². The minimum atomic E-state index is -0.0277. The predicted molar refractivity (Wildman–Crippen MR) is 114 cm³/mol. The number of aromatic amines is 1. The Balaban J connectivity index is 1.11.